The van der Waals surface area contributed by atoms with Crippen LogP contribution in [0.1, 0.15) is 168 Å². The highest BCUT2D eigenvalue weighted by Gasteiger charge is 2.23. The summed E-state index contributed by atoms with van der Waals surface area (Å²) in [5, 5.41) is 32.1. The summed E-state index contributed by atoms with van der Waals surface area (Å²) in [5.74, 6) is 5.70. The number of aromatic nitrogens is 6. The lowest BCUT2D eigenvalue weighted by atomic mass is 10.0. The molecule has 2 heterocycles. The molecule has 5 unspecified atom stereocenters. The van der Waals surface area contributed by atoms with Gasteiger partial charge in [0.2, 0.25) is 35.7 Å². The van der Waals surface area contributed by atoms with Gasteiger partial charge in [0.15, 0.2) is 0 Å². The molecule has 0 fully saturated rings. The maximum atomic E-state index is 5.19. The SMILES string of the molecule is CC(C)CCC(C)Nc1ccc(Nc2nc(Nc3ccc(NC(C)CCC(C)C)cc3)nc(Nc3ccc(N(c4nc(Nc5ccc(NC(C)CCC(C)C)cc5)nc(Nc5ccc(NC(C)CCC(C)C)cc5)n4)C(C)CCC(C)C)cc3)n2)cc1. The van der Waals surface area contributed by atoms with Crippen molar-refractivity contribution < 1.29 is 0 Å². The van der Waals surface area contributed by atoms with Crippen molar-refractivity contribution >= 4 is 92.6 Å². The fourth-order valence-electron chi connectivity index (χ4n) is 10.1. The van der Waals surface area contributed by atoms with Crippen molar-refractivity contribution in [2.45, 2.75) is 198 Å². The van der Waals surface area contributed by atoms with Crippen LogP contribution in [0.25, 0.3) is 0 Å². The van der Waals surface area contributed by atoms with Gasteiger partial charge in [-0.25, -0.2) is 0 Å². The quantitative estimate of drug-likeness (QED) is 0.0180. The van der Waals surface area contributed by atoms with Gasteiger partial charge in [-0.3, -0.25) is 0 Å². The number of hydrogen-bond donors (Lipinski definition) is 9. The molecule has 0 aliphatic heterocycles. The Balaban J connectivity index is 1.18. The number of hydrogen-bond acceptors (Lipinski definition) is 16. The van der Waals surface area contributed by atoms with Gasteiger partial charge in [0.25, 0.3) is 0 Å². The molecule has 0 amide bonds. The van der Waals surface area contributed by atoms with E-state index in [2.05, 4.69) is 242 Å². The average Bonchev–Trinajstić information content (AvgIpc) is 2.62. The molecule has 5 aromatic carbocycles. The van der Waals surface area contributed by atoms with Gasteiger partial charge in [-0.2, -0.15) is 29.9 Å². The second-order valence-electron chi connectivity index (χ2n) is 26.3. The molecule has 0 radical (unpaired) electrons. The zero-order chi connectivity index (χ0) is 62.4. The molecule has 87 heavy (non-hydrogen) atoms. The summed E-state index contributed by atoms with van der Waals surface area (Å²) >= 11 is 0. The first kappa shape index (κ1) is 66.6. The lowest BCUT2D eigenvalue weighted by Gasteiger charge is -2.30. The summed E-state index contributed by atoms with van der Waals surface area (Å²) < 4.78 is 0. The summed E-state index contributed by atoms with van der Waals surface area (Å²) in [6.45, 7) is 33.9. The van der Waals surface area contributed by atoms with E-state index in [-0.39, 0.29) is 6.04 Å². The first-order valence-electron chi connectivity index (χ1n) is 32.4. The van der Waals surface area contributed by atoms with Gasteiger partial charge in [0.05, 0.1) is 0 Å². The van der Waals surface area contributed by atoms with Crippen LogP contribution in [0.4, 0.5) is 92.6 Å². The van der Waals surface area contributed by atoms with Crippen LogP contribution in [0, 0.1) is 29.6 Å². The largest absolute Gasteiger partial charge is 0.383 e. The number of benzene rings is 5. The molecule has 0 aliphatic rings. The number of anilines is 16. The number of rotatable bonds is 36. The lowest BCUT2D eigenvalue weighted by molar-refractivity contribution is 0.506. The molecular formula is C71H104N16. The van der Waals surface area contributed by atoms with Gasteiger partial charge in [-0.05, 0) is 250 Å². The highest BCUT2D eigenvalue weighted by molar-refractivity contribution is 5.70. The molecule has 16 nitrogen and oxygen atoms in total. The molecule has 0 saturated carbocycles. The Morgan fingerprint density at radius 3 is 0.701 bits per heavy atom. The van der Waals surface area contributed by atoms with Crippen molar-refractivity contribution in [1.82, 2.24) is 29.9 Å². The van der Waals surface area contributed by atoms with E-state index in [1.54, 1.807) is 0 Å². The van der Waals surface area contributed by atoms with E-state index in [0.717, 1.165) is 95.4 Å². The van der Waals surface area contributed by atoms with E-state index < -0.39 is 0 Å². The third kappa shape index (κ3) is 23.4. The van der Waals surface area contributed by atoms with Gasteiger partial charge in [0, 0.05) is 87.1 Å². The summed E-state index contributed by atoms with van der Waals surface area (Å²) in [6.07, 6.45) is 11.1. The van der Waals surface area contributed by atoms with Crippen molar-refractivity contribution in [2.75, 3.05) is 52.8 Å². The smallest absolute Gasteiger partial charge is 0.236 e. The van der Waals surface area contributed by atoms with E-state index in [9.17, 15) is 0 Å². The van der Waals surface area contributed by atoms with Crippen molar-refractivity contribution in [1.29, 1.82) is 0 Å². The molecule has 5 atom stereocenters. The van der Waals surface area contributed by atoms with Crippen LogP contribution in [-0.4, -0.2) is 60.1 Å². The topological polar surface area (TPSA) is 189 Å². The van der Waals surface area contributed by atoms with E-state index in [0.29, 0.717) is 89.4 Å². The normalized spacial score (nSPS) is 13.3. The van der Waals surface area contributed by atoms with Crippen LogP contribution in [-0.2, 0) is 0 Å². The van der Waals surface area contributed by atoms with Crippen molar-refractivity contribution in [3.05, 3.63) is 121 Å². The molecule has 9 N–H and O–H groups in total. The highest BCUT2D eigenvalue weighted by Crippen LogP contribution is 2.33. The number of nitrogens with one attached hydrogen (secondary N) is 9. The van der Waals surface area contributed by atoms with Crippen molar-refractivity contribution in [3.8, 4) is 0 Å². The van der Waals surface area contributed by atoms with Gasteiger partial charge in [-0.1, -0.05) is 69.2 Å². The molecule has 2 aromatic heterocycles. The fraction of sp³-hybridized carbons (Fsp3) is 0.493. The maximum absolute atomic E-state index is 5.19. The molecule has 468 valence electrons. The molecule has 0 aliphatic carbocycles. The minimum absolute atomic E-state index is 0.0161. The van der Waals surface area contributed by atoms with E-state index in [1.165, 1.54) is 25.7 Å². The summed E-state index contributed by atoms with van der Waals surface area (Å²) in [4.78, 5) is 32.3. The van der Waals surface area contributed by atoms with Crippen LogP contribution >= 0.6 is 0 Å². The van der Waals surface area contributed by atoms with Crippen molar-refractivity contribution in [3.63, 3.8) is 0 Å². The molecule has 0 saturated heterocycles. The van der Waals surface area contributed by atoms with E-state index in [4.69, 9.17) is 29.9 Å². The first-order valence-corrected chi connectivity index (χ1v) is 32.4. The second-order valence-corrected chi connectivity index (χ2v) is 26.3. The van der Waals surface area contributed by atoms with Crippen LogP contribution in [0.3, 0.4) is 0 Å². The minimum atomic E-state index is 0.0161. The molecule has 16 heteroatoms. The maximum Gasteiger partial charge on any atom is 0.236 e. The Morgan fingerprint density at radius 1 is 0.253 bits per heavy atom. The Hall–Kier alpha value is -7.88. The zero-order valence-corrected chi connectivity index (χ0v) is 55.0. The Morgan fingerprint density at radius 2 is 0.460 bits per heavy atom. The second kappa shape index (κ2) is 33.3. The van der Waals surface area contributed by atoms with Crippen LogP contribution < -0.4 is 52.8 Å². The highest BCUT2D eigenvalue weighted by atomic mass is 15.3. The molecule has 7 aromatic rings. The summed E-state index contributed by atoms with van der Waals surface area (Å²) in [5.41, 5.74) is 9.43. The molecular weight excluding hydrogens is 1080 g/mol. The summed E-state index contributed by atoms with van der Waals surface area (Å²) in [7, 11) is 0. The standard InChI is InChI=1S/C71H104N16/c1-46(2)16-21-51(11)72-56-26-34-60(35-27-56)76-66-81-67(77-61-36-28-57(29-37-61)73-52(12)22-17-47(3)4)83-68(82-66)78-64-42-44-65(45-43-64)87(55(15)25-20-50(9)10)71-85-69(79-62-38-30-58(31-39-62)74-53(13)23-18-48(5)6)84-70(86-71)80-63-40-32-59(33-41-63)75-54(14)24-19-49(7)8/h26-55,72-75H,16-25H2,1-15H3,(H2,79,80,84,85,86)(H3,76,77,78,81,82,83). The molecule has 0 bridgehead atoms. The predicted molar refractivity (Wildman–Crippen MR) is 373 cm³/mol. The Bertz CT molecular complexity index is 2920. The van der Waals surface area contributed by atoms with Crippen LogP contribution in [0.5, 0.6) is 0 Å². The van der Waals surface area contributed by atoms with Crippen LogP contribution in [0.2, 0.25) is 0 Å². The predicted octanol–water partition coefficient (Wildman–Crippen LogP) is 19.7. The van der Waals surface area contributed by atoms with Crippen LogP contribution in [0.15, 0.2) is 121 Å². The third-order valence-corrected chi connectivity index (χ3v) is 15.4. The van der Waals surface area contributed by atoms with E-state index in [1.807, 2.05) is 36.4 Å². The van der Waals surface area contributed by atoms with Gasteiger partial charge in [-0.15, -0.1) is 0 Å². The van der Waals surface area contributed by atoms with E-state index >= 15 is 0 Å². The molecule has 0 spiro atoms. The van der Waals surface area contributed by atoms with Crippen molar-refractivity contribution in [2.24, 2.45) is 29.6 Å². The molecule has 7 rings (SSSR count). The van der Waals surface area contributed by atoms with Gasteiger partial charge >= 0.3 is 0 Å². The fourth-order valence-corrected chi connectivity index (χ4v) is 10.1. The average molecular weight is 1180 g/mol. The number of nitrogens with zero attached hydrogens (tertiary/aromatic N) is 7. The van der Waals surface area contributed by atoms with Gasteiger partial charge < -0.3 is 52.8 Å². The lowest BCUT2D eigenvalue weighted by Crippen LogP contribution is -2.31. The Labute approximate surface area is 522 Å². The zero-order valence-electron chi connectivity index (χ0n) is 55.0. The Kier molecular flexibility index (Phi) is 25.5. The monoisotopic (exact) mass is 1180 g/mol. The summed E-state index contributed by atoms with van der Waals surface area (Å²) in [6, 6.07) is 43.0. The first-order chi connectivity index (χ1) is 41.7. The minimum Gasteiger partial charge on any atom is -0.383 e. The van der Waals surface area contributed by atoms with Gasteiger partial charge in [0.1, 0.15) is 0 Å². The third-order valence-electron chi connectivity index (χ3n) is 15.4.